The maximum atomic E-state index is 13.5. The molecule has 1 aromatic heterocycles. The van der Waals surface area contributed by atoms with Crippen molar-refractivity contribution < 1.29 is 14.0 Å². The van der Waals surface area contributed by atoms with E-state index in [1.807, 2.05) is 4.90 Å². The predicted octanol–water partition coefficient (Wildman–Crippen LogP) is 3.70. The third-order valence-electron chi connectivity index (χ3n) is 7.35. The monoisotopic (exact) mass is 383 g/mol. The van der Waals surface area contributed by atoms with E-state index in [1.165, 1.54) is 12.1 Å². The van der Waals surface area contributed by atoms with Crippen molar-refractivity contribution in [1.29, 1.82) is 0 Å². The summed E-state index contributed by atoms with van der Waals surface area (Å²) >= 11 is 0. The number of fused-ring (bicyclic) bond motifs is 2. The van der Waals surface area contributed by atoms with Crippen LogP contribution in [0.15, 0.2) is 24.3 Å². The summed E-state index contributed by atoms with van der Waals surface area (Å²) in [6.45, 7) is 4.50. The summed E-state index contributed by atoms with van der Waals surface area (Å²) in [5.74, 6) is -0.226. The average Bonchev–Trinajstić information content (AvgIpc) is 3.11. The minimum Gasteiger partial charge on any atom is -0.351 e. The molecule has 1 aromatic carbocycles. The van der Waals surface area contributed by atoms with Crippen LogP contribution < -0.4 is 0 Å². The van der Waals surface area contributed by atoms with Gasteiger partial charge in [-0.2, -0.15) is 0 Å². The quantitative estimate of drug-likeness (QED) is 0.816. The number of piperidine rings is 1. The van der Waals surface area contributed by atoms with Crippen LogP contribution in [0, 0.1) is 11.2 Å². The summed E-state index contributed by atoms with van der Waals surface area (Å²) in [4.78, 5) is 33.1. The predicted molar refractivity (Wildman–Crippen MR) is 104 cm³/mol. The minimum absolute atomic E-state index is 0.0383. The molecule has 2 amide bonds. The van der Waals surface area contributed by atoms with Crippen molar-refractivity contribution in [3.63, 3.8) is 0 Å². The van der Waals surface area contributed by atoms with E-state index in [0.29, 0.717) is 17.6 Å². The van der Waals surface area contributed by atoms with Crippen LogP contribution in [-0.2, 0) is 4.79 Å². The fourth-order valence-electron chi connectivity index (χ4n) is 6.24. The summed E-state index contributed by atoms with van der Waals surface area (Å²) in [6.07, 6.45) is 5.16. The van der Waals surface area contributed by atoms with Crippen LogP contribution in [0.1, 0.15) is 56.4 Å². The van der Waals surface area contributed by atoms with Gasteiger partial charge in [-0.05, 0) is 43.5 Å². The molecule has 2 saturated heterocycles. The van der Waals surface area contributed by atoms with Crippen molar-refractivity contribution >= 4 is 22.7 Å². The summed E-state index contributed by atoms with van der Waals surface area (Å²) in [6, 6.07) is 6.71. The number of H-pyrrole nitrogens is 1. The first kappa shape index (κ1) is 17.7. The molecule has 3 fully saturated rings. The normalized spacial score (nSPS) is 31.9. The van der Waals surface area contributed by atoms with Crippen LogP contribution in [0.3, 0.4) is 0 Å². The van der Waals surface area contributed by atoms with E-state index in [9.17, 15) is 14.0 Å². The number of aromatic nitrogens is 1. The van der Waals surface area contributed by atoms with E-state index in [1.54, 1.807) is 19.1 Å². The number of benzene rings is 1. The highest BCUT2D eigenvalue weighted by Gasteiger charge is 2.60. The van der Waals surface area contributed by atoms with Gasteiger partial charge in [-0.25, -0.2) is 4.39 Å². The molecule has 4 atom stereocenters. The van der Waals surface area contributed by atoms with Crippen LogP contribution in [0.5, 0.6) is 0 Å². The van der Waals surface area contributed by atoms with Gasteiger partial charge in [-0.1, -0.05) is 19.8 Å². The SMILES string of the molecule is CC(=O)N1[C@@H]2CN(C(=O)c3cc4cc(F)ccc4[nH]3)[C@@H]3CCCC[C@H]1[C@]3(C)C2. The molecular weight excluding hydrogens is 357 g/mol. The van der Waals surface area contributed by atoms with Crippen molar-refractivity contribution in [3.8, 4) is 0 Å². The number of nitrogens with one attached hydrogen (secondary N) is 1. The van der Waals surface area contributed by atoms with Gasteiger partial charge in [0.2, 0.25) is 5.91 Å². The first-order valence-electron chi connectivity index (χ1n) is 10.3. The topological polar surface area (TPSA) is 56.4 Å². The fourth-order valence-corrected chi connectivity index (χ4v) is 6.24. The molecule has 2 bridgehead atoms. The lowest BCUT2D eigenvalue weighted by molar-refractivity contribution is -0.132. The standard InChI is InChI=1S/C22H26FN3O2/c1-13(27)26-16-11-22(2)19(5-3-4-6-20(22)26)25(12-16)21(28)18-10-14-9-15(23)7-8-17(14)24-18/h7-10,16,19-20,24H,3-6,11-12H2,1-2H3/t16-,19+,20-,22+/m0/s1. The maximum absolute atomic E-state index is 13.5. The largest absolute Gasteiger partial charge is 0.351 e. The van der Waals surface area contributed by atoms with E-state index in [0.717, 1.165) is 37.6 Å². The van der Waals surface area contributed by atoms with Gasteiger partial charge in [0, 0.05) is 41.9 Å². The van der Waals surface area contributed by atoms with Gasteiger partial charge in [-0.3, -0.25) is 9.59 Å². The second-order valence-electron chi connectivity index (χ2n) is 8.98. The Hall–Kier alpha value is -2.37. The Balaban J connectivity index is 1.54. The number of carbonyl (C=O) groups excluding carboxylic acids is 2. The zero-order valence-corrected chi connectivity index (χ0v) is 16.4. The Morgan fingerprint density at radius 3 is 2.68 bits per heavy atom. The number of hydrogen-bond acceptors (Lipinski definition) is 2. The molecule has 0 unspecified atom stereocenters. The van der Waals surface area contributed by atoms with Crippen molar-refractivity contribution in [2.75, 3.05) is 6.54 Å². The van der Waals surface area contributed by atoms with Crippen LogP contribution in [0.25, 0.3) is 10.9 Å². The zero-order chi connectivity index (χ0) is 19.6. The van der Waals surface area contributed by atoms with Crippen LogP contribution in [0.2, 0.25) is 0 Å². The van der Waals surface area contributed by atoms with Gasteiger partial charge in [0.25, 0.3) is 5.91 Å². The Labute approximate surface area is 163 Å². The molecule has 0 spiro atoms. The summed E-state index contributed by atoms with van der Waals surface area (Å²) < 4.78 is 13.5. The van der Waals surface area contributed by atoms with E-state index in [2.05, 4.69) is 16.8 Å². The van der Waals surface area contributed by atoms with Crippen molar-refractivity contribution in [3.05, 3.63) is 35.8 Å². The summed E-state index contributed by atoms with van der Waals surface area (Å²) in [5, 5.41) is 0.707. The molecule has 1 saturated carbocycles. The number of amides is 2. The van der Waals surface area contributed by atoms with E-state index in [-0.39, 0.29) is 41.2 Å². The lowest BCUT2D eigenvalue weighted by Crippen LogP contribution is -2.55. The first-order valence-corrected chi connectivity index (χ1v) is 10.3. The highest BCUT2D eigenvalue weighted by atomic mass is 19.1. The Morgan fingerprint density at radius 1 is 1.18 bits per heavy atom. The van der Waals surface area contributed by atoms with Crippen molar-refractivity contribution in [2.24, 2.45) is 5.41 Å². The number of halogens is 1. The molecular formula is C22H26FN3O2. The molecule has 148 valence electrons. The number of nitrogens with zero attached hydrogens (tertiary/aromatic N) is 2. The first-order chi connectivity index (χ1) is 13.4. The van der Waals surface area contributed by atoms with Crippen LogP contribution >= 0.6 is 0 Å². The van der Waals surface area contributed by atoms with Crippen molar-refractivity contribution in [2.45, 2.75) is 64.1 Å². The third kappa shape index (κ3) is 2.43. The fraction of sp³-hybridized carbons (Fsp3) is 0.545. The summed E-state index contributed by atoms with van der Waals surface area (Å²) in [5.41, 5.74) is 1.21. The van der Waals surface area contributed by atoms with Gasteiger partial charge in [0.15, 0.2) is 0 Å². The summed E-state index contributed by atoms with van der Waals surface area (Å²) in [7, 11) is 0. The van der Waals surface area contributed by atoms with E-state index in [4.69, 9.17) is 0 Å². The molecule has 6 heteroatoms. The Morgan fingerprint density at radius 2 is 1.93 bits per heavy atom. The Kier molecular flexibility index (Phi) is 3.83. The highest BCUT2D eigenvalue weighted by Crippen LogP contribution is 2.53. The lowest BCUT2D eigenvalue weighted by atomic mass is 9.71. The molecule has 3 heterocycles. The number of hydrogen-bond donors (Lipinski definition) is 1. The van der Waals surface area contributed by atoms with Gasteiger partial charge >= 0.3 is 0 Å². The Bertz CT molecular complexity index is 970. The minimum atomic E-state index is -0.308. The van der Waals surface area contributed by atoms with E-state index >= 15 is 0 Å². The molecule has 5 nitrogen and oxygen atoms in total. The van der Waals surface area contributed by atoms with E-state index < -0.39 is 0 Å². The third-order valence-corrected chi connectivity index (χ3v) is 7.35. The number of likely N-dealkylation sites (tertiary alicyclic amines) is 2. The number of carbonyl (C=O) groups is 2. The van der Waals surface area contributed by atoms with Gasteiger partial charge in [0.05, 0.1) is 6.04 Å². The van der Waals surface area contributed by atoms with Gasteiger partial charge in [0.1, 0.15) is 11.5 Å². The van der Waals surface area contributed by atoms with Gasteiger partial charge in [-0.15, -0.1) is 0 Å². The van der Waals surface area contributed by atoms with Crippen LogP contribution in [-0.4, -0.2) is 51.3 Å². The second-order valence-corrected chi connectivity index (χ2v) is 8.98. The smallest absolute Gasteiger partial charge is 0.270 e. The van der Waals surface area contributed by atoms with Gasteiger partial charge < -0.3 is 14.8 Å². The molecule has 2 aliphatic heterocycles. The highest BCUT2D eigenvalue weighted by molar-refractivity contribution is 5.98. The second kappa shape index (κ2) is 6.06. The average molecular weight is 383 g/mol. The molecule has 28 heavy (non-hydrogen) atoms. The van der Waals surface area contributed by atoms with Crippen molar-refractivity contribution in [1.82, 2.24) is 14.8 Å². The molecule has 1 N–H and O–H groups in total. The zero-order valence-electron chi connectivity index (χ0n) is 16.4. The lowest BCUT2D eigenvalue weighted by Gasteiger charge is -2.46. The number of aromatic amines is 1. The van der Waals surface area contributed by atoms with Crippen LogP contribution in [0.4, 0.5) is 4.39 Å². The molecule has 0 radical (unpaired) electrons. The number of rotatable bonds is 1. The molecule has 5 rings (SSSR count). The molecule has 1 aliphatic carbocycles. The molecule has 3 aliphatic rings. The maximum Gasteiger partial charge on any atom is 0.270 e. The molecule has 2 aromatic rings.